The lowest BCUT2D eigenvalue weighted by atomic mass is 9.71. The van der Waals surface area contributed by atoms with Crippen molar-refractivity contribution in [3.8, 4) is 0 Å². The number of carbonyl (C=O) groups is 1. The first-order chi connectivity index (χ1) is 7.91. The smallest absolute Gasteiger partial charge is 0.318 e. The quantitative estimate of drug-likeness (QED) is 0.714. The van der Waals surface area contributed by atoms with Crippen LogP contribution in [0.1, 0.15) is 25.7 Å². The van der Waals surface area contributed by atoms with E-state index in [9.17, 15) is 13.6 Å². The van der Waals surface area contributed by atoms with Crippen molar-refractivity contribution in [1.29, 1.82) is 0 Å². The molecule has 98 valence electrons. The highest BCUT2D eigenvalue weighted by Crippen LogP contribution is 2.52. The maximum absolute atomic E-state index is 14.3. The summed E-state index contributed by atoms with van der Waals surface area (Å²) >= 11 is 0. The van der Waals surface area contributed by atoms with E-state index in [1.807, 2.05) is 0 Å². The number of esters is 1. The fourth-order valence-corrected chi connectivity index (χ4v) is 2.73. The van der Waals surface area contributed by atoms with Crippen molar-refractivity contribution in [2.24, 2.45) is 11.3 Å². The molecule has 0 aromatic rings. The van der Waals surface area contributed by atoms with Gasteiger partial charge < -0.3 is 9.64 Å². The third kappa shape index (κ3) is 2.17. The summed E-state index contributed by atoms with van der Waals surface area (Å²) < 4.78 is 33.2. The van der Waals surface area contributed by atoms with Gasteiger partial charge in [0.25, 0.3) is 5.92 Å². The Morgan fingerprint density at radius 3 is 2.59 bits per heavy atom. The van der Waals surface area contributed by atoms with Gasteiger partial charge in [0.1, 0.15) is 5.41 Å². The normalized spacial score (nSPS) is 33.4. The summed E-state index contributed by atoms with van der Waals surface area (Å²) in [4.78, 5) is 13.4. The van der Waals surface area contributed by atoms with Gasteiger partial charge in [0.2, 0.25) is 0 Å². The molecule has 1 heterocycles. The fraction of sp³-hybridized carbons (Fsp3) is 0.917. The second-order valence-corrected chi connectivity index (χ2v) is 5.41. The summed E-state index contributed by atoms with van der Waals surface area (Å²) in [7, 11) is 2.86. The Bertz CT molecular complexity index is 318. The summed E-state index contributed by atoms with van der Waals surface area (Å²) in [5, 5.41) is 0. The maximum Gasteiger partial charge on any atom is 0.318 e. The molecule has 3 nitrogen and oxygen atoms in total. The number of nitrogens with zero attached hydrogens (tertiary/aromatic N) is 1. The first-order valence-electron chi connectivity index (χ1n) is 6.06. The summed E-state index contributed by atoms with van der Waals surface area (Å²) in [5.74, 6) is -3.44. The molecular weight excluding hydrogens is 228 g/mol. The number of hydrogen-bond acceptors (Lipinski definition) is 3. The van der Waals surface area contributed by atoms with Crippen molar-refractivity contribution in [2.45, 2.75) is 31.6 Å². The second kappa shape index (κ2) is 4.19. The van der Waals surface area contributed by atoms with E-state index < -0.39 is 17.3 Å². The SMILES string of the molecule is COC(=O)C1(CC2CC2)CCN(C)CC1(F)F. The number of carbonyl (C=O) groups excluding carboxylic acids is 1. The lowest BCUT2D eigenvalue weighted by Gasteiger charge is -2.44. The van der Waals surface area contributed by atoms with Crippen molar-refractivity contribution >= 4 is 5.97 Å². The Morgan fingerprint density at radius 1 is 1.47 bits per heavy atom. The molecule has 1 atom stereocenters. The molecule has 1 unspecified atom stereocenters. The monoisotopic (exact) mass is 247 g/mol. The van der Waals surface area contributed by atoms with Crippen molar-refractivity contribution in [1.82, 2.24) is 4.90 Å². The van der Waals surface area contributed by atoms with Crippen LogP contribution in [0.5, 0.6) is 0 Å². The molecule has 17 heavy (non-hydrogen) atoms. The van der Waals surface area contributed by atoms with E-state index in [0.29, 0.717) is 6.54 Å². The molecule has 0 spiro atoms. The minimum atomic E-state index is -2.99. The van der Waals surface area contributed by atoms with E-state index in [4.69, 9.17) is 0 Å². The highest BCUT2D eigenvalue weighted by Gasteiger charge is 2.62. The van der Waals surface area contributed by atoms with Gasteiger partial charge in [0, 0.05) is 0 Å². The lowest BCUT2D eigenvalue weighted by molar-refractivity contribution is -0.202. The number of rotatable bonds is 3. The van der Waals surface area contributed by atoms with Crippen LogP contribution in [-0.4, -0.2) is 44.0 Å². The van der Waals surface area contributed by atoms with Crippen molar-refractivity contribution < 1.29 is 18.3 Å². The van der Waals surface area contributed by atoms with Crippen LogP contribution in [-0.2, 0) is 9.53 Å². The summed E-state index contributed by atoms with van der Waals surface area (Å²) in [5.41, 5.74) is -1.59. The van der Waals surface area contributed by atoms with Gasteiger partial charge >= 0.3 is 5.97 Å². The molecular formula is C12H19F2NO2. The molecule has 0 N–H and O–H groups in total. The molecule has 5 heteroatoms. The van der Waals surface area contributed by atoms with Crippen molar-refractivity contribution in [3.63, 3.8) is 0 Å². The zero-order valence-corrected chi connectivity index (χ0v) is 10.3. The molecule has 0 aromatic carbocycles. The number of methoxy groups -OCH3 is 1. The number of alkyl halides is 2. The molecule has 0 aromatic heterocycles. The van der Waals surface area contributed by atoms with Crippen LogP contribution in [0.3, 0.4) is 0 Å². The van der Waals surface area contributed by atoms with Gasteiger partial charge in [-0.2, -0.15) is 0 Å². The Hall–Kier alpha value is -0.710. The average Bonchev–Trinajstić information content (AvgIpc) is 3.04. The summed E-state index contributed by atoms with van der Waals surface area (Å²) in [6, 6.07) is 0. The van der Waals surface area contributed by atoms with E-state index in [1.165, 1.54) is 7.11 Å². The molecule has 2 fully saturated rings. The molecule has 2 rings (SSSR count). The van der Waals surface area contributed by atoms with E-state index in [0.717, 1.165) is 12.8 Å². The third-order valence-electron chi connectivity index (χ3n) is 4.00. The van der Waals surface area contributed by atoms with Gasteiger partial charge in [-0.3, -0.25) is 4.79 Å². The van der Waals surface area contributed by atoms with E-state index in [2.05, 4.69) is 4.74 Å². The Balaban J connectivity index is 2.26. The largest absolute Gasteiger partial charge is 0.468 e. The van der Waals surface area contributed by atoms with Gasteiger partial charge in [-0.15, -0.1) is 0 Å². The molecule has 1 saturated carbocycles. The van der Waals surface area contributed by atoms with Crippen LogP contribution >= 0.6 is 0 Å². The number of hydrogen-bond donors (Lipinski definition) is 0. The molecule has 2 aliphatic rings. The Labute approximate surface area is 100 Å². The van der Waals surface area contributed by atoms with E-state index >= 15 is 0 Å². The number of piperidine rings is 1. The highest BCUT2D eigenvalue weighted by molar-refractivity contribution is 5.78. The van der Waals surface area contributed by atoms with Gasteiger partial charge in [0.05, 0.1) is 13.7 Å². The van der Waals surface area contributed by atoms with Crippen LogP contribution in [0.4, 0.5) is 8.78 Å². The Morgan fingerprint density at radius 2 is 2.12 bits per heavy atom. The lowest BCUT2D eigenvalue weighted by Crippen LogP contribution is -2.58. The first-order valence-corrected chi connectivity index (χ1v) is 6.06. The van der Waals surface area contributed by atoms with E-state index in [-0.39, 0.29) is 25.3 Å². The topological polar surface area (TPSA) is 29.5 Å². The van der Waals surface area contributed by atoms with Crippen LogP contribution < -0.4 is 0 Å². The minimum Gasteiger partial charge on any atom is -0.468 e. The first kappa shape index (κ1) is 12.7. The van der Waals surface area contributed by atoms with Crippen LogP contribution in [0.15, 0.2) is 0 Å². The fourth-order valence-electron chi connectivity index (χ4n) is 2.73. The maximum atomic E-state index is 14.3. The average molecular weight is 247 g/mol. The van der Waals surface area contributed by atoms with Crippen LogP contribution in [0, 0.1) is 11.3 Å². The molecule has 0 radical (unpaired) electrons. The van der Waals surface area contributed by atoms with Gasteiger partial charge in [0.15, 0.2) is 0 Å². The van der Waals surface area contributed by atoms with Gasteiger partial charge in [-0.25, -0.2) is 8.78 Å². The zero-order chi connectivity index (χ0) is 12.7. The van der Waals surface area contributed by atoms with Gasteiger partial charge in [-0.05, 0) is 32.4 Å². The Kier molecular flexibility index (Phi) is 3.14. The van der Waals surface area contributed by atoms with Gasteiger partial charge in [-0.1, -0.05) is 12.8 Å². The summed E-state index contributed by atoms with van der Waals surface area (Å²) in [6.45, 7) is 0.173. The molecule has 0 amide bonds. The minimum absolute atomic E-state index is 0.194. The van der Waals surface area contributed by atoms with Crippen molar-refractivity contribution in [3.05, 3.63) is 0 Å². The zero-order valence-electron chi connectivity index (χ0n) is 10.3. The van der Waals surface area contributed by atoms with Crippen LogP contribution in [0.25, 0.3) is 0 Å². The predicted octanol–water partition coefficient (Wildman–Crippen LogP) is 1.92. The second-order valence-electron chi connectivity index (χ2n) is 5.41. The molecule has 1 aliphatic carbocycles. The molecule has 1 saturated heterocycles. The molecule has 1 aliphatic heterocycles. The number of likely N-dealkylation sites (tertiary alicyclic amines) is 1. The summed E-state index contributed by atoms with van der Waals surface area (Å²) in [6.07, 6.45) is 2.40. The van der Waals surface area contributed by atoms with Crippen molar-refractivity contribution in [2.75, 3.05) is 27.2 Å². The predicted molar refractivity (Wildman–Crippen MR) is 58.9 cm³/mol. The number of halogens is 2. The standard InChI is InChI=1S/C12H19F2NO2/c1-15-6-5-11(10(16)17-2,7-9-3-4-9)12(13,14)8-15/h9H,3-8H2,1-2H3. The highest BCUT2D eigenvalue weighted by atomic mass is 19.3. The number of ether oxygens (including phenoxy) is 1. The van der Waals surface area contributed by atoms with E-state index in [1.54, 1.807) is 11.9 Å². The molecule has 0 bridgehead atoms. The third-order valence-corrected chi connectivity index (χ3v) is 4.00. The van der Waals surface area contributed by atoms with Crippen LogP contribution in [0.2, 0.25) is 0 Å².